The van der Waals surface area contributed by atoms with Crippen LogP contribution in [-0.4, -0.2) is 5.75 Å². The van der Waals surface area contributed by atoms with Gasteiger partial charge < -0.3 is 5.73 Å². The van der Waals surface area contributed by atoms with E-state index in [1.807, 2.05) is 11.8 Å². The lowest BCUT2D eigenvalue weighted by molar-refractivity contribution is 0.596. The third-order valence-corrected chi connectivity index (χ3v) is 5.28. The Labute approximate surface area is 125 Å². The summed E-state index contributed by atoms with van der Waals surface area (Å²) >= 11 is 1.97. The summed E-state index contributed by atoms with van der Waals surface area (Å²) in [6.07, 6.45) is 3.90. The van der Waals surface area contributed by atoms with Crippen molar-refractivity contribution in [3.8, 4) is 0 Å². The van der Waals surface area contributed by atoms with Crippen LogP contribution in [0.1, 0.15) is 35.4 Å². The summed E-state index contributed by atoms with van der Waals surface area (Å²) in [5.41, 5.74) is 9.98. The molecule has 2 aromatic rings. The molecule has 0 fully saturated rings. The summed E-state index contributed by atoms with van der Waals surface area (Å²) in [5.74, 6) is 1.89. The predicted octanol–water partition coefficient (Wildman–Crippen LogP) is 4.36. The lowest BCUT2D eigenvalue weighted by Gasteiger charge is -2.25. The van der Waals surface area contributed by atoms with Crippen LogP contribution in [0.25, 0.3) is 0 Å². The Morgan fingerprint density at radius 3 is 2.65 bits per heavy atom. The van der Waals surface area contributed by atoms with Crippen molar-refractivity contribution in [2.75, 3.05) is 5.75 Å². The summed E-state index contributed by atoms with van der Waals surface area (Å²) in [7, 11) is 0. The molecule has 104 valence electrons. The normalized spacial score (nSPS) is 17.8. The summed E-state index contributed by atoms with van der Waals surface area (Å²) in [6, 6.07) is 17.6. The predicted molar refractivity (Wildman–Crippen MR) is 87.2 cm³/mol. The Bertz CT molecular complexity index is 562. The molecule has 1 aliphatic rings. The summed E-state index contributed by atoms with van der Waals surface area (Å²) in [6.45, 7) is 0.626. The second-order valence-electron chi connectivity index (χ2n) is 5.45. The van der Waals surface area contributed by atoms with E-state index in [1.165, 1.54) is 35.5 Å². The lowest BCUT2D eigenvalue weighted by Crippen LogP contribution is -2.11. The highest BCUT2D eigenvalue weighted by molar-refractivity contribution is 7.99. The first-order valence-electron chi connectivity index (χ1n) is 7.36. The summed E-state index contributed by atoms with van der Waals surface area (Å²) in [5, 5.41) is 0. The number of thioether (sulfide) groups is 1. The van der Waals surface area contributed by atoms with Gasteiger partial charge in [0.2, 0.25) is 0 Å². The Kier molecular flexibility index (Phi) is 4.44. The fraction of sp³-hybridized carbons (Fsp3) is 0.333. The molecule has 0 aliphatic heterocycles. The molecule has 0 bridgehead atoms. The smallest absolute Gasteiger partial charge is 0.0178 e. The zero-order valence-corrected chi connectivity index (χ0v) is 12.5. The topological polar surface area (TPSA) is 26.0 Å². The van der Waals surface area contributed by atoms with Crippen molar-refractivity contribution < 1.29 is 0 Å². The number of rotatable bonds is 4. The minimum atomic E-state index is 0.626. The number of aryl methyl sites for hydroxylation is 1. The van der Waals surface area contributed by atoms with Gasteiger partial charge >= 0.3 is 0 Å². The van der Waals surface area contributed by atoms with Crippen LogP contribution in [0.15, 0.2) is 53.4 Å². The Hall–Kier alpha value is -1.25. The average molecular weight is 283 g/mol. The van der Waals surface area contributed by atoms with Gasteiger partial charge in [-0.15, -0.1) is 11.8 Å². The Balaban J connectivity index is 1.66. The first-order chi connectivity index (χ1) is 9.86. The first-order valence-corrected chi connectivity index (χ1v) is 8.35. The van der Waals surface area contributed by atoms with Crippen molar-refractivity contribution in [3.05, 3.63) is 65.2 Å². The molecule has 1 aliphatic carbocycles. The molecule has 2 aromatic carbocycles. The molecule has 0 radical (unpaired) electrons. The number of hydrogen-bond donors (Lipinski definition) is 1. The summed E-state index contributed by atoms with van der Waals surface area (Å²) in [4.78, 5) is 1.35. The van der Waals surface area contributed by atoms with E-state index in [4.69, 9.17) is 5.73 Å². The first kappa shape index (κ1) is 13.7. The molecule has 0 saturated carbocycles. The number of hydrogen-bond acceptors (Lipinski definition) is 2. The van der Waals surface area contributed by atoms with E-state index in [2.05, 4.69) is 48.5 Å². The number of fused-ring (bicyclic) bond motifs is 1. The van der Waals surface area contributed by atoms with E-state index in [0.717, 1.165) is 0 Å². The lowest BCUT2D eigenvalue weighted by atomic mass is 9.84. The van der Waals surface area contributed by atoms with Gasteiger partial charge in [0.25, 0.3) is 0 Å². The van der Waals surface area contributed by atoms with E-state index in [0.29, 0.717) is 12.5 Å². The fourth-order valence-electron chi connectivity index (χ4n) is 2.95. The van der Waals surface area contributed by atoms with Crippen molar-refractivity contribution in [1.29, 1.82) is 0 Å². The van der Waals surface area contributed by atoms with Crippen molar-refractivity contribution in [2.45, 2.75) is 36.6 Å². The van der Waals surface area contributed by atoms with Crippen molar-refractivity contribution in [3.63, 3.8) is 0 Å². The fourth-order valence-corrected chi connectivity index (χ4v) is 4.01. The Morgan fingerprint density at radius 2 is 1.85 bits per heavy atom. The average Bonchev–Trinajstić information content (AvgIpc) is 2.53. The number of nitrogens with two attached hydrogens (primary N) is 1. The molecule has 0 saturated heterocycles. The standard InChI is InChI=1S/C18H21NS/c19-12-14-8-10-17(11-9-14)20-13-16-6-3-5-15-4-1-2-7-18(15)16/h1-2,4,7-11,16H,3,5-6,12-13,19H2. The molecule has 2 N–H and O–H groups in total. The van der Waals surface area contributed by atoms with Gasteiger partial charge in [0, 0.05) is 17.2 Å². The molecule has 0 spiro atoms. The van der Waals surface area contributed by atoms with Gasteiger partial charge in [0.15, 0.2) is 0 Å². The molecule has 0 heterocycles. The van der Waals surface area contributed by atoms with Gasteiger partial charge in [-0.25, -0.2) is 0 Å². The second-order valence-corrected chi connectivity index (χ2v) is 6.54. The molecule has 20 heavy (non-hydrogen) atoms. The van der Waals surface area contributed by atoms with Crippen LogP contribution in [0.5, 0.6) is 0 Å². The number of benzene rings is 2. The van der Waals surface area contributed by atoms with Gasteiger partial charge in [-0.05, 0) is 54.0 Å². The SMILES string of the molecule is NCc1ccc(SCC2CCCc3ccccc32)cc1. The maximum absolute atomic E-state index is 5.64. The van der Waals surface area contributed by atoms with Crippen molar-refractivity contribution in [2.24, 2.45) is 5.73 Å². The van der Waals surface area contributed by atoms with E-state index < -0.39 is 0 Å². The zero-order valence-electron chi connectivity index (χ0n) is 11.7. The zero-order chi connectivity index (χ0) is 13.8. The minimum Gasteiger partial charge on any atom is -0.326 e. The Morgan fingerprint density at radius 1 is 1.05 bits per heavy atom. The highest BCUT2D eigenvalue weighted by Gasteiger charge is 2.19. The van der Waals surface area contributed by atoms with Crippen molar-refractivity contribution in [1.82, 2.24) is 0 Å². The summed E-state index contributed by atoms with van der Waals surface area (Å²) < 4.78 is 0. The van der Waals surface area contributed by atoms with Crippen LogP contribution in [0.2, 0.25) is 0 Å². The van der Waals surface area contributed by atoms with Gasteiger partial charge in [0.1, 0.15) is 0 Å². The molecule has 2 heteroatoms. The van der Waals surface area contributed by atoms with E-state index >= 15 is 0 Å². The maximum atomic E-state index is 5.64. The highest BCUT2D eigenvalue weighted by atomic mass is 32.2. The molecular weight excluding hydrogens is 262 g/mol. The largest absolute Gasteiger partial charge is 0.326 e. The van der Waals surface area contributed by atoms with E-state index in [9.17, 15) is 0 Å². The minimum absolute atomic E-state index is 0.626. The van der Waals surface area contributed by atoms with Crippen LogP contribution in [-0.2, 0) is 13.0 Å². The van der Waals surface area contributed by atoms with Crippen LogP contribution in [0.4, 0.5) is 0 Å². The molecular formula is C18H21NS. The molecule has 3 rings (SSSR count). The van der Waals surface area contributed by atoms with Gasteiger partial charge in [-0.3, -0.25) is 0 Å². The maximum Gasteiger partial charge on any atom is 0.0178 e. The van der Waals surface area contributed by atoms with Gasteiger partial charge in [-0.2, -0.15) is 0 Å². The van der Waals surface area contributed by atoms with Crippen LogP contribution < -0.4 is 5.73 Å². The second kappa shape index (κ2) is 6.47. The molecule has 1 unspecified atom stereocenters. The van der Waals surface area contributed by atoms with E-state index in [-0.39, 0.29) is 0 Å². The monoisotopic (exact) mass is 283 g/mol. The molecule has 1 atom stereocenters. The van der Waals surface area contributed by atoms with Gasteiger partial charge in [-0.1, -0.05) is 36.4 Å². The van der Waals surface area contributed by atoms with Crippen molar-refractivity contribution >= 4 is 11.8 Å². The molecule has 0 aromatic heterocycles. The van der Waals surface area contributed by atoms with Gasteiger partial charge in [0.05, 0.1) is 0 Å². The van der Waals surface area contributed by atoms with E-state index in [1.54, 1.807) is 11.1 Å². The van der Waals surface area contributed by atoms with Crippen LogP contribution in [0.3, 0.4) is 0 Å². The van der Waals surface area contributed by atoms with Crippen LogP contribution >= 0.6 is 11.8 Å². The highest BCUT2D eigenvalue weighted by Crippen LogP contribution is 2.35. The quantitative estimate of drug-likeness (QED) is 0.844. The van der Waals surface area contributed by atoms with Crippen LogP contribution in [0, 0.1) is 0 Å². The molecule has 0 amide bonds. The third kappa shape index (κ3) is 3.08. The molecule has 1 nitrogen and oxygen atoms in total. The third-order valence-electron chi connectivity index (χ3n) is 4.10.